The molecule has 1 aromatic carbocycles. The zero-order chi connectivity index (χ0) is 18.0. The van der Waals surface area contributed by atoms with Crippen LogP contribution in [0.3, 0.4) is 0 Å². The zero-order valence-corrected chi connectivity index (χ0v) is 14.6. The van der Waals surface area contributed by atoms with E-state index in [4.69, 9.17) is 0 Å². The Hall–Kier alpha value is -2.63. The van der Waals surface area contributed by atoms with Crippen LogP contribution in [0.5, 0.6) is 0 Å². The molecular weight excluding hydrogens is 306 g/mol. The van der Waals surface area contributed by atoms with E-state index < -0.39 is 17.9 Å². The van der Waals surface area contributed by atoms with Crippen LogP contribution >= 0.6 is 0 Å². The van der Waals surface area contributed by atoms with Gasteiger partial charge in [-0.15, -0.1) is 0 Å². The van der Waals surface area contributed by atoms with E-state index in [0.29, 0.717) is 16.8 Å². The third-order valence-corrected chi connectivity index (χ3v) is 4.26. The molecule has 0 fully saturated rings. The van der Waals surface area contributed by atoms with Gasteiger partial charge < -0.3 is 10.4 Å². The van der Waals surface area contributed by atoms with Crippen molar-refractivity contribution < 1.29 is 14.7 Å². The molecule has 0 saturated carbocycles. The summed E-state index contributed by atoms with van der Waals surface area (Å²) in [5.41, 5.74) is 3.54. The fourth-order valence-electron chi connectivity index (χ4n) is 2.73. The lowest BCUT2D eigenvalue weighted by atomic mass is 9.97. The molecule has 2 rings (SSSR count). The molecule has 0 bridgehead atoms. The molecule has 6 heteroatoms. The molecule has 1 aromatic heterocycles. The number of benzene rings is 1. The van der Waals surface area contributed by atoms with E-state index in [2.05, 4.69) is 10.4 Å². The number of aliphatic carboxylic acids is 1. The first kappa shape index (κ1) is 17.7. The molecule has 2 N–H and O–H groups in total. The first-order valence-electron chi connectivity index (χ1n) is 7.88. The maximum Gasteiger partial charge on any atom is 0.330 e. The Kier molecular flexibility index (Phi) is 5.07. The van der Waals surface area contributed by atoms with Gasteiger partial charge in [-0.05, 0) is 51.3 Å². The Morgan fingerprint density at radius 1 is 1.21 bits per heavy atom. The van der Waals surface area contributed by atoms with Crippen LogP contribution in [0.2, 0.25) is 0 Å². The van der Waals surface area contributed by atoms with E-state index in [0.717, 1.165) is 11.1 Å². The molecule has 1 amide bonds. The van der Waals surface area contributed by atoms with Crippen LogP contribution in [0.25, 0.3) is 0 Å². The number of carbonyl (C=O) groups is 2. The summed E-state index contributed by atoms with van der Waals surface area (Å²) in [6.07, 6.45) is 1.48. The zero-order valence-electron chi connectivity index (χ0n) is 14.6. The average Bonchev–Trinajstić information content (AvgIpc) is 2.89. The second kappa shape index (κ2) is 6.86. The van der Waals surface area contributed by atoms with Gasteiger partial charge in [0.1, 0.15) is 0 Å². The Morgan fingerprint density at radius 3 is 2.42 bits per heavy atom. The number of carbonyl (C=O) groups excluding carboxylic acids is 1. The first-order valence-corrected chi connectivity index (χ1v) is 7.88. The number of rotatable bonds is 5. The molecule has 128 valence electrons. The fraction of sp³-hybridized carbons (Fsp3) is 0.389. The maximum atomic E-state index is 12.6. The smallest absolute Gasteiger partial charge is 0.330 e. The largest absolute Gasteiger partial charge is 0.479 e. The molecule has 0 spiro atoms. The lowest BCUT2D eigenvalue weighted by molar-refractivity contribution is -0.139. The average molecular weight is 329 g/mol. The van der Waals surface area contributed by atoms with E-state index >= 15 is 0 Å². The Labute approximate surface area is 141 Å². The number of carboxylic acids is 1. The van der Waals surface area contributed by atoms with Crippen molar-refractivity contribution in [2.24, 2.45) is 0 Å². The monoisotopic (exact) mass is 329 g/mol. The van der Waals surface area contributed by atoms with Gasteiger partial charge in [0, 0.05) is 11.7 Å². The summed E-state index contributed by atoms with van der Waals surface area (Å²) >= 11 is 0. The van der Waals surface area contributed by atoms with Crippen LogP contribution in [0.15, 0.2) is 24.4 Å². The number of hydrogen-bond donors (Lipinski definition) is 2. The summed E-state index contributed by atoms with van der Waals surface area (Å²) in [5, 5.41) is 16.4. The molecule has 2 aromatic rings. The molecule has 0 aliphatic heterocycles. The Bertz CT molecular complexity index is 778. The van der Waals surface area contributed by atoms with Crippen molar-refractivity contribution in [2.75, 3.05) is 0 Å². The minimum atomic E-state index is -1.10. The second-order valence-electron chi connectivity index (χ2n) is 6.22. The van der Waals surface area contributed by atoms with Crippen LogP contribution in [0, 0.1) is 20.8 Å². The summed E-state index contributed by atoms with van der Waals surface area (Å²) in [6.45, 7) is 9.51. The fourth-order valence-corrected chi connectivity index (χ4v) is 2.73. The number of aromatic nitrogens is 2. The van der Waals surface area contributed by atoms with Gasteiger partial charge in [0.05, 0.1) is 11.8 Å². The van der Waals surface area contributed by atoms with Crippen LogP contribution in [0.1, 0.15) is 58.7 Å². The van der Waals surface area contributed by atoms with E-state index in [1.54, 1.807) is 23.7 Å². The van der Waals surface area contributed by atoms with Crippen molar-refractivity contribution in [2.45, 2.75) is 46.7 Å². The van der Waals surface area contributed by atoms with E-state index in [9.17, 15) is 14.7 Å². The maximum absolute atomic E-state index is 12.6. The topological polar surface area (TPSA) is 84.2 Å². The third kappa shape index (κ3) is 3.32. The Balaban J connectivity index is 2.33. The SMILES string of the molecule is Cc1cccc(C(NC(=O)c2cnn(C(C)C)c2C)C(=O)O)c1C. The van der Waals surface area contributed by atoms with E-state index in [-0.39, 0.29) is 6.04 Å². The molecule has 1 unspecified atom stereocenters. The molecule has 1 atom stereocenters. The highest BCUT2D eigenvalue weighted by atomic mass is 16.4. The number of carboxylic acid groups (broad SMARTS) is 1. The van der Waals surface area contributed by atoms with Crippen molar-refractivity contribution in [3.8, 4) is 0 Å². The van der Waals surface area contributed by atoms with Crippen molar-refractivity contribution in [3.05, 3.63) is 52.3 Å². The highest BCUT2D eigenvalue weighted by molar-refractivity contribution is 5.97. The summed E-state index contributed by atoms with van der Waals surface area (Å²) in [7, 11) is 0. The van der Waals surface area contributed by atoms with Crippen molar-refractivity contribution in [1.29, 1.82) is 0 Å². The van der Waals surface area contributed by atoms with Crippen LogP contribution in [-0.2, 0) is 4.79 Å². The summed E-state index contributed by atoms with van der Waals surface area (Å²) in [4.78, 5) is 24.3. The molecule has 0 aliphatic rings. The van der Waals surface area contributed by atoms with Crippen molar-refractivity contribution >= 4 is 11.9 Å². The van der Waals surface area contributed by atoms with Crippen LogP contribution in [-0.4, -0.2) is 26.8 Å². The molecule has 6 nitrogen and oxygen atoms in total. The van der Waals surface area contributed by atoms with Gasteiger partial charge in [0.15, 0.2) is 6.04 Å². The lowest BCUT2D eigenvalue weighted by Gasteiger charge is -2.18. The minimum absolute atomic E-state index is 0.126. The molecule has 0 aliphatic carbocycles. The van der Waals surface area contributed by atoms with E-state index in [1.165, 1.54) is 6.20 Å². The number of hydrogen-bond acceptors (Lipinski definition) is 3. The van der Waals surface area contributed by atoms with Gasteiger partial charge in [-0.3, -0.25) is 9.48 Å². The first-order chi connectivity index (χ1) is 11.2. The summed E-state index contributed by atoms with van der Waals surface area (Å²) in [5.74, 6) is -1.53. The standard InChI is InChI=1S/C18H23N3O3/c1-10(2)21-13(5)15(9-19-21)17(22)20-16(18(23)24)14-8-6-7-11(3)12(14)4/h6-10,16H,1-5H3,(H,20,22)(H,23,24). The van der Waals surface area contributed by atoms with Gasteiger partial charge in [-0.2, -0.15) is 5.10 Å². The van der Waals surface area contributed by atoms with Crippen LogP contribution in [0.4, 0.5) is 0 Å². The number of aryl methyl sites for hydroxylation is 1. The minimum Gasteiger partial charge on any atom is -0.479 e. The quantitative estimate of drug-likeness (QED) is 0.883. The number of nitrogens with one attached hydrogen (secondary N) is 1. The summed E-state index contributed by atoms with van der Waals surface area (Å²) < 4.78 is 1.74. The number of amides is 1. The molecule has 0 radical (unpaired) electrons. The van der Waals surface area contributed by atoms with Crippen LogP contribution < -0.4 is 5.32 Å². The predicted molar refractivity (Wildman–Crippen MR) is 91.1 cm³/mol. The highest BCUT2D eigenvalue weighted by Gasteiger charge is 2.26. The van der Waals surface area contributed by atoms with Gasteiger partial charge >= 0.3 is 5.97 Å². The van der Waals surface area contributed by atoms with E-state index in [1.807, 2.05) is 33.8 Å². The summed E-state index contributed by atoms with van der Waals surface area (Å²) in [6, 6.07) is 4.46. The van der Waals surface area contributed by atoms with Gasteiger partial charge in [0.25, 0.3) is 5.91 Å². The highest BCUT2D eigenvalue weighted by Crippen LogP contribution is 2.22. The van der Waals surface area contributed by atoms with Gasteiger partial charge in [0.2, 0.25) is 0 Å². The van der Waals surface area contributed by atoms with Crippen molar-refractivity contribution in [3.63, 3.8) is 0 Å². The normalized spacial score (nSPS) is 12.2. The predicted octanol–water partition coefficient (Wildman–Crippen LogP) is 2.94. The Morgan fingerprint density at radius 2 is 1.88 bits per heavy atom. The molecule has 24 heavy (non-hydrogen) atoms. The second-order valence-corrected chi connectivity index (χ2v) is 6.22. The van der Waals surface area contributed by atoms with Gasteiger partial charge in [-0.25, -0.2) is 4.79 Å². The molecular formula is C18H23N3O3. The lowest BCUT2D eigenvalue weighted by Crippen LogP contribution is -2.34. The molecule has 1 heterocycles. The molecule has 0 saturated heterocycles. The van der Waals surface area contributed by atoms with Gasteiger partial charge in [-0.1, -0.05) is 18.2 Å². The third-order valence-electron chi connectivity index (χ3n) is 4.26. The van der Waals surface area contributed by atoms with Crippen molar-refractivity contribution in [1.82, 2.24) is 15.1 Å². The number of nitrogens with zero attached hydrogens (tertiary/aromatic N) is 2.